The van der Waals surface area contributed by atoms with E-state index in [0.717, 1.165) is 12.0 Å². The van der Waals surface area contributed by atoms with Gasteiger partial charge >= 0.3 is 0 Å². The average molecular weight is 430 g/mol. The Morgan fingerprint density at radius 2 is 1.73 bits per heavy atom. The number of Topliss-reactive ketones (excluding diaryl/α,β-unsaturated/α-hetero) is 1. The average Bonchev–Trinajstić information content (AvgIpc) is 2.67. The molecule has 6 heteroatoms. The Balaban J connectivity index is 2.29. The lowest BCUT2D eigenvalue weighted by Crippen LogP contribution is -2.41. The first-order valence-electron chi connectivity index (χ1n) is 10.4. The molecule has 0 saturated carbocycles. The molecule has 0 unspecified atom stereocenters. The topological polar surface area (TPSA) is 57.5 Å². The van der Waals surface area contributed by atoms with Gasteiger partial charge in [0, 0.05) is 29.6 Å². The molecule has 0 bridgehead atoms. The number of methoxy groups -OCH3 is 1. The molecule has 0 saturated heterocycles. The van der Waals surface area contributed by atoms with Crippen LogP contribution in [0.25, 0.3) is 5.69 Å². The number of hydrogen-bond acceptors (Lipinski definition) is 4. The number of hydrogen-bond donors (Lipinski definition) is 0. The first kappa shape index (κ1) is 24.1. The van der Waals surface area contributed by atoms with E-state index in [-0.39, 0.29) is 16.4 Å². The number of nitrogens with zero attached hydrogens (tertiary/aromatic N) is 1. The summed E-state index contributed by atoms with van der Waals surface area (Å²) in [7, 11) is -0.207. The minimum atomic E-state index is -1.81. The third-order valence-corrected chi connectivity index (χ3v) is 10.7. The molecule has 2 rings (SSSR count). The van der Waals surface area contributed by atoms with Crippen LogP contribution in [0.15, 0.2) is 35.3 Å². The normalized spacial score (nSPS) is 12.1. The Morgan fingerprint density at radius 1 is 1.13 bits per heavy atom. The molecule has 0 amide bonds. The molecule has 0 aliphatic heterocycles. The van der Waals surface area contributed by atoms with E-state index in [4.69, 9.17) is 9.16 Å². The molecule has 164 valence electrons. The molecule has 0 aliphatic carbocycles. The summed E-state index contributed by atoms with van der Waals surface area (Å²) in [6, 6.07) is 7.24. The summed E-state index contributed by atoms with van der Waals surface area (Å²) in [5.41, 5.74) is 2.64. The van der Waals surface area contributed by atoms with Crippen LogP contribution in [-0.2, 0) is 10.8 Å². The van der Waals surface area contributed by atoms with Crippen molar-refractivity contribution in [3.8, 4) is 11.4 Å². The van der Waals surface area contributed by atoms with E-state index in [1.165, 1.54) is 0 Å². The van der Waals surface area contributed by atoms with Gasteiger partial charge in [-0.2, -0.15) is 0 Å². The number of ketones is 1. The summed E-state index contributed by atoms with van der Waals surface area (Å²) in [6.45, 7) is 15.1. The molecule has 0 aliphatic rings. The Labute approximate surface area is 181 Å². The van der Waals surface area contributed by atoms with Gasteiger partial charge in [-0.25, -0.2) is 0 Å². The van der Waals surface area contributed by atoms with Gasteiger partial charge in [-0.1, -0.05) is 20.8 Å². The maximum absolute atomic E-state index is 13.0. The van der Waals surface area contributed by atoms with Gasteiger partial charge in [0.2, 0.25) is 0 Å². The van der Waals surface area contributed by atoms with Crippen molar-refractivity contribution in [2.45, 2.75) is 65.6 Å². The zero-order chi connectivity index (χ0) is 22.7. The Hall–Kier alpha value is -2.18. The molecule has 1 aromatic heterocycles. The van der Waals surface area contributed by atoms with Gasteiger partial charge in [0.1, 0.15) is 5.75 Å². The van der Waals surface area contributed by atoms with E-state index < -0.39 is 8.32 Å². The van der Waals surface area contributed by atoms with Crippen LogP contribution >= 0.6 is 0 Å². The highest BCUT2D eigenvalue weighted by Crippen LogP contribution is 2.36. The van der Waals surface area contributed by atoms with E-state index in [2.05, 4.69) is 33.9 Å². The van der Waals surface area contributed by atoms with Gasteiger partial charge in [-0.3, -0.25) is 14.2 Å². The van der Waals surface area contributed by atoms with Crippen molar-refractivity contribution >= 4 is 14.1 Å². The van der Waals surface area contributed by atoms with Crippen molar-refractivity contribution in [3.05, 3.63) is 57.5 Å². The van der Waals surface area contributed by atoms with Crippen molar-refractivity contribution < 1.29 is 14.0 Å². The molecule has 0 atom stereocenters. The Kier molecular flexibility index (Phi) is 7.48. The molecule has 30 heavy (non-hydrogen) atoms. The van der Waals surface area contributed by atoms with Crippen LogP contribution in [0.3, 0.4) is 0 Å². The largest absolute Gasteiger partial charge is 0.497 e. The number of aromatic nitrogens is 1. The van der Waals surface area contributed by atoms with Crippen molar-refractivity contribution in [2.75, 3.05) is 13.7 Å². The standard InChI is InChI=1S/C24H35NO4Si/c1-17-21(10-9-15-29-30(7,8)24(3,4)5)22(18(2)26)16-25(23(17)27)19-11-13-20(28-6)14-12-19/h11-14,16H,9-10,15H2,1-8H3. The molecule has 1 aromatic carbocycles. The van der Waals surface area contributed by atoms with Crippen LogP contribution in [0.1, 0.15) is 55.6 Å². The third-order valence-electron chi connectivity index (χ3n) is 6.15. The van der Waals surface area contributed by atoms with E-state index in [1.807, 2.05) is 12.1 Å². The molecular formula is C24H35NO4Si. The summed E-state index contributed by atoms with van der Waals surface area (Å²) in [5.74, 6) is 0.675. The number of benzene rings is 1. The number of rotatable bonds is 8. The number of carbonyl (C=O) groups excluding carboxylic acids is 1. The van der Waals surface area contributed by atoms with Gasteiger partial charge in [0.05, 0.1) is 7.11 Å². The van der Waals surface area contributed by atoms with Crippen LogP contribution in [0, 0.1) is 6.92 Å². The molecule has 0 spiro atoms. The van der Waals surface area contributed by atoms with Gasteiger partial charge in [0.25, 0.3) is 5.56 Å². The van der Waals surface area contributed by atoms with Gasteiger partial charge in [0.15, 0.2) is 14.1 Å². The van der Waals surface area contributed by atoms with Crippen molar-refractivity contribution in [1.82, 2.24) is 4.57 Å². The minimum Gasteiger partial charge on any atom is -0.497 e. The highest BCUT2D eigenvalue weighted by atomic mass is 28.4. The van der Waals surface area contributed by atoms with Crippen LogP contribution in [0.4, 0.5) is 0 Å². The van der Waals surface area contributed by atoms with Gasteiger partial charge in [-0.15, -0.1) is 0 Å². The molecule has 5 nitrogen and oxygen atoms in total. The maximum Gasteiger partial charge on any atom is 0.258 e. The van der Waals surface area contributed by atoms with E-state index in [0.29, 0.717) is 35.6 Å². The zero-order valence-corrected chi connectivity index (χ0v) is 20.6. The Bertz CT molecular complexity index is 953. The van der Waals surface area contributed by atoms with Crippen LogP contribution < -0.4 is 10.3 Å². The fourth-order valence-corrected chi connectivity index (χ4v) is 4.22. The van der Waals surface area contributed by atoms with Crippen LogP contribution in [0.5, 0.6) is 5.75 Å². The molecule has 1 heterocycles. The summed E-state index contributed by atoms with van der Waals surface area (Å²) >= 11 is 0. The number of carbonyl (C=O) groups is 1. The monoisotopic (exact) mass is 429 g/mol. The fourth-order valence-electron chi connectivity index (χ4n) is 3.13. The SMILES string of the molecule is COc1ccc(-n2cc(C(C)=O)c(CCCO[Si](C)(C)C(C)(C)C)c(C)c2=O)cc1. The lowest BCUT2D eigenvalue weighted by molar-refractivity contribution is 0.101. The lowest BCUT2D eigenvalue weighted by Gasteiger charge is -2.36. The smallest absolute Gasteiger partial charge is 0.258 e. The van der Waals surface area contributed by atoms with Crippen molar-refractivity contribution in [2.24, 2.45) is 0 Å². The first-order valence-corrected chi connectivity index (χ1v) is 13.3. The van der Waals surface area contributed by atoms with Crippen LogP contribution in [0.2, 0.25) is 18.1 Å². The molecule has 0 radical (unpaired) electrons. The highest BCUT2D eigenvalue weighted by molar-refractivity contribution is 6.74. The predicted molar refractivity (Wildman–Crippen MR) is 125 cm³/mol. The predicted octanol–water partition coefficient (Wildman–Crippen LogP) is 5.31. The van der Waals surface area contributed by atoms with Crippen LogP contribution in [-0.4, -0.2) is 32.4 Å². The van der Waals surface area contributed by atoms with Crippen molar-refractivity contribution in [1.29, 1.82) is 0 Å². The maximum atomic E-state index is 13.0. The van der Waals surface area contributed by atoms with E-state index in [1.54, 1.807) is 43.9 Å². The lowest BCUT2D eigenvalue weighted by atomic mass is 9.98. The Morgan fingerprint density at radius 3 is 2.23 bits per heavy atom. The van der Waals surface area contributed by atoms with Gasteiger partial charge in [-0.05, 0) is 74.7 Å². The zero-order valence-electron chi connectivity index (χ0n) is 19.6. The van der Waals surface area contributed by atoms with Crippen molar-refractivity contribution in [3.63, 3.8) is 0 Å². The second kappa shape index (κ2) is 9.31. The summed E-state index contributed by atoms with van der Waals surface area (Å²) in [6.07, 6.45) is 3.09. The molecule has 0 N–H and O–H groups in total. The van der Waals surface area contributed by atoms with E-state index in [9.17, 15) is 9.59 Å². The molecule has 0 fully saturated rings. The first-order chi connectivity index (χ1) is 13.9. The molecule has 2 aromatic rings. The quantitative estimate of drug-likeness (QED) is 0.324. The summed E-state index contributed by atoms with van der Waals surface area (Å²) < 4.78 is 13.0. The minimum absolute atomic E-state index is 0.0410. The second-order valence-corrected chi connectivity index (χ2v) is 14.1. The van der Waals surface area contributed by atoms with E-state index >= 15 is 0 Å². The number of pyridine rings is 1. The molecular weight excluding hydrogens is 394 g/mol. The summed E-state index contributed by atoms with van der Waals surface area (Å²) in [4.78, 5) is 25.4. The second-order valence-electron chi connectivity index (χ2n) is 9.29. The summed E-state index contributed by atoms with van der Waals surface area (Å²) in [5, 5.41) is 0.159. The van der Waals surface area contributed by atoms with Gasteiger partial charge < -0.3 is 9.16 Å². The highest BCUT2D eigenvalue weighted by Gasteiger charge is 2.36. The number of ether oxygens (including phenoxy) is 1. The third kappa shape index (κ3) is 5.29. The fraction of sp³-hybridized carbons (Fsp3) is 0.500.